The number of hydrogen-bond acceptors (Lipinski definition) is 6. The molecule has 8 heteroatoms. The molecule has 0 spiro atoms. The minimum atomic E-state index is -1.82. The van der Waals surface area contributed by atoms with E-state index in [1.807, 2.05) is 31.4 Å². The van der Waals surface area contributed by atoms with Gasteiger partial charge in [-0.05, 0) is 9.83 Å². The van der Waals surface area contributed by atoms with Gasteiger partial charge in [0.15, 0.2) is 0 Å². The van der Waals surface area contributed by atoms with Crippen molar-refractivity contribution >= 4 is 43.4 Å². The fraction of sp³-hybridized carbons (Fsp3) is 0.429. The smallest absolute Gasteiger partial charge is 0.414 e. The van der Waals surface area contributed by atoms with Crippen LogP contribution in [0, 0.1) is 0 Å². The first kappa shape index (κ1) is 14.5. The van der Waals surface area contributed by atoms with E-state index in [1.54, 1.807) is 0 Å². The first-order valence-electron chi connectivity index (χ1n) is 3.72. The van der Waals surface area contributed by atoms with Crippen LogP contribution in [0.3, 0.4) is 0 Å². The van der Waals surface area contributed by atoms with Crippen LogP contribution in [0.25, 0.3) is 0 Å². The predicted molar refractivity (Wildman–Crippen MR) is 64.7 cm³/mol. The fourth-order valence-corrected chi connectivity index (χ4v) is 3.98. The molecule has 0 atom stereocenters. The lowest BCUT2D eigenvalue weighted by Gasteiger charge is -2.18. The summed E-state index contributed by atoms with van der Waals surface area (Å²) in [5.41, 5.74) is 1.42. The van der Waals surface area contributed by atoms with Gasteiger partial charge in [0.05, 0.1) is 0 Å². The second-order valence-electron chi connectivity index (χ2n) is 2.54. The summed E-state index contributed by atoms with van der Waals surface area (Å²) in [5.74, 6) is -2.50. The summed E-state index contributed by atoms with van der Waals surface area (Å²) in [6, 6.07) is 0. The van der Waals surface area contributed by atoms with Crippen molar-refractivity contribution in [2.75, 3.05) is 19.8 Å². The maximum Gasteiger partial charge on any atom is 0.414 e. The molecule has 0 aromatic heterocycles. The second kappa shape index (κ2) is 7.77. The standard InChI is InChI=1S/C5H9NS3.C2H2O4/c1-6(2)5-3-7-9-8-4-5;3-1(4)2(5)6/h3H,4H2,1-2H3;(H,3,4)(H,5,6). The van der Waals surface area contributed by atoms with Crippen LogP contribution in [0.4, 0.5) is 0 Å². The summed E-state index contributed by atoms with van der Waals surface area (Å²) >= 11 is 0. The SMILES string of the molecule is CN(C)C1=CSSSC1.O=C(O)C(=O)O. The minimum Gasteiger partial charge on any atom is -0.473 e. The van der Waals surface area contributed by atoms with Crippen molar-refractivity contribution in [1.29, 1.82) is 0 Å². The van der Waals surface area contributed by atoms with Gasteiger partial charge in [-0.1, -0.05) is 21.6 Å². The molecule has 2 N–H and O–H groups in total. The van der Waals surface area contributed by atoms with Gasteiger partial charge in [-0.3, -0.25) is 0 Å². The Labute approximate surface area is 99.1 Å². The number of carboxylic acids is 2. The number of carboxylic acid groups (broad SMARTS) is 2. The maximum atomic E-state index is 9.10. The number of carbonyl (C=O) groups is 2. The molecule has 0 unspecified atom stereocenters. The number of hydrogen-bond donors (Lipinski definition) is 2. The van der Waals surface area contributed by atoms with Crippen molar-refractivity contribution in [2.45, 2.75) is 0 Å². The molecule has 0 bridgehead atoms. The van der Waals surface area contributed by atoms with Gasteiger partial charge in [-0.25, -0.2) is 9.59 Å². The van der Waals surface area contributed by atoms with Gasteiger partial charge in [-0.2, -0.15) is 0 Å². The molecule has 0 saturated carbocycles. The molecule has 0 aliphatic carbocycles. The van der Waals surface area contributed by atoms with E-state index in [0.717, 1.165) is 5.75 Å². The fourth-order valence-electron chi connectivity index (χ4n) is 0.456. The van der Waals surface area contributed by atoms with Gasteiger partial charge < -0.3 is 15.1 Å². The van der Waals surface area contributed by atoms with Gasteiger partial charge in [-0.15, -0.1) is 0 Å². The Bertz CT molecular complexity index is 255. The van der Waals surface area contributed by atoms with Gasteiger partial charge >= 0.3 is 11.9 Å². The van der Waals surface area contributed by atoms with Gasteiger partial charge in [0.1, 0.15) is 0 Å². The Morgan fingerprint density at radius 1 is 1.33 bits per heavy atom. The van der Waals surface area contributed by atoms with Crippen molar-refractivity contribution in [2.24, 2.45) is 0 Å². The van der Waals surface area contributed by atoms with Crippen LogP contribution >= 0.6 is 31.4 Å². The molecule has 1 heterocycles. The third-order valence-corrected chi connectivity index (χ3v) is 4.93. The molecule has 15 heavy (non-hydrogen) atoms. The summed E-state index contributed by atoms with van der Waals surface area (Å²) < 4.78 is 0. The maximum absolute atomic E-state index is 9.10. The van der Waals surface area contributed by atoms with E-state index in [-0.39, 0.29) is 0 Å². The average molecular weight is 269 g/mol. The second-order valence-corrected chi connectivity index (χ2v) is 6.55. The van der Waals surface area contributed by atoms with Crippen LogP contribution in [0.2, 0.25) is 0 Å². The van der Waals surface area contributed by atoms with Crippen molar-refractivity contribution < 1.29 is 19.8 Å². The van der Waals surface area contributed by atoms with Crippen LogP contribution in [0.5, 0.6) is 0 Å². The van der Waals surface area contributed by atoms with E-state index in [1.165, 1.54) is 5.70 Å². The average Bonchev–Trinajstić information content (AvgIpc) is 2.20. The lowest BCUT2D eigenvalue weighted by molar-refractivity contribution is -0.159. The molecule has 1 aliphatic heterocycles. The van der Waals surface area contributed by atoms with Crippen LogP contribution in [0.15, 0.2) is 11.1 Å². The highest BCUT2D eigenvalue weighted by molar-refractivity contribution is 9.10. The van der Waals surface area contributed by atoms with Gasteiger partial charge in [0.25, 0.3) is 0 Å². The van der Waals surface area contributed by atoms with E-state index >= 15 is 0 Å². The topological polar surface area (TPSA) is 77.8 Å². The lowest BCUT2D eigenvalue weighted by Crippen LogP contribution is -2.12. The molecule has 0 amide bonds. The van der Waals surface area contributed by atoms with Crippen LogP contribution in [-0.4, -0.2) is 46.9 Å². The molecular formula is C7H11NO4S3. The molecular weight excluding hydrogens is 258 g/mol. The van der Waals surface area contributed by atoms with E-state index in [9.17, 15) is 0 Å². The number of nitrogens with zero attached hydrogens (tertiary/aromatic N) is 1. The molecule has 86 valence electrons. The highest BCUT2D eigenvalue weighted by atomic mass is 33.5. The molecule has 0 radical (unpaired) electrons. The Kier molecular flexibility index (Phi) is 7.53. The zero-order valence-electron chi connectivity index (χ0n) is 8.17. The summed E-state index contributed by atoms with van der Waals surface area (Å²) in [5, 5.41) is 17.0. The third-order valence-electron chi connectivity index (χ3n) is 1.24. The zero-order chi connectivity index (χ0) is 11.8. The zero-order valence-corrected chi connectivity index (χ0v) is 10.6. The first-order valence-corrected chi connectivity index (χ1v) is 7.44. The summed E-state index contributed by atoms with van der Waals surface area (Å²) in [7, 11) is 9.73. The molecule has 0 aromatic carbocycles. The van der Waals surface area contributed by atoms with E-state index < -0.39 is 11.9 Å². The molecule has 5 nitrogen and oxygen atoms in total. The molecule has 0 aromatic rings. The predicted octanol–water partition coefficient (Wildman–Crippen LogP) is 1.59. The van der Waals surface area contributed by atoms with E-state index in [0.29, 0.717) is 0 Å². The lowest BCUT2D eigenvalue weighted by atomic mass is 10.5. The molecule has 0 saturated heterocycles. The summed E-state index contributed by atoms with van der Waals surface area (Å²) in [4.78, 5) is 20.4. The van der Waals surface area contributed by atoms with Gasteiger partial charge in [0, 0.05) is 31.0 Å². The first-order chi connectivity index (χ1) is 6.95. The molecule has 0 fully saturated rings. The summed E-state index contributed by atoms with van der Waals surface area (Å²) in [6.45, 7) is 0. The highest BCUT2D eigenvalue weighted by Gasteiger charge is 2.05. The van der Waals surface area contributed by atoms with Crippen LogP contribution in [-0.2, 0) is 9.59 Å². The van der Waals surface area contributed by atoms with Crippen molar-refractivity contribution in [3.05, 3.63) is 11.1 Å². The van der Waals surface area contributed by atoms with E-state index in [4.69, 9.17) is 19.8 Å². The molecule has 1 aliphatic rings. The van der Waals surface area contributed by atoms with Crippen LogP contribution in [0.1, 0.15) is 0 Å². The van der Waals surface area contributed by atoms with Crippen LogP contribution < -0.4 is 0 Å². The summed E-state index contributed by atoms with van der Waals surface area (Å²) in [6.07, 6.45) is 0. The minimum absolute atomic E-state index is 1.14. The Morgan fingerprint density at radius 3 is 2.07 bits per heavy atom. The third kappa shape index (κ3) is 7.46. The highest BCUT2D eigenvalue weighted by Crippen LogP contribution is 2.41. The van der Waals surface area contributed by atoms with Crippen molar-refractivity contribution in [3.63, 3.8) is 0 Å². The largest absolute Gasteiger partial charge is 0.473 e. The normalized spacial score (nSPS) is 14.4. The molecule has 1 rings (SSSR count). The number of rotatable bonds is 1. The quantitative estimate of drug-likeness (QED) is 0.549. The van der Waals surface area contributed by atoms with Crippen molar-refractivity contribution in [3.8, 4) is 0 Å². The number of aliphatic carboxylic acids is 2. The Morgan fingerprint density at radius 2 is 1.87 bits per heavy atom. The van der Waals surface area contributed by atoms with Gasteiger partial charge in [0.2, 0.25) is 0 Å². The monoisotopic (exact) mass is 269 g/mol. The van der Waals surface area contributed by atoms with E-state index in [2.05, 4.69) is 24.4 Å². The Hall–Kier alpha value is -0.470. The van der Waals surface area contributed by atoms with Crippen molar-refractivity contribution in [1.82, 2.24) is 4.90 Å². The Balaban J connectivity index is 0.000000288.